The number of hydrogen-bond donors (Lipinski definition) is 0. The van der Waals surface area contributed by atoms with Gasteiger partial charge in [0.1, 0.15) is 9.77 Å². The molecule has 1 aliphatic heterocycles. The number of benzene rings is 1. The lowest BCUT2D eigenvalue weighted by Crippen LogP contribution is -2.38. The number of thiophene rings is 1. The summed E-state index contributed by atoms with van der Waals surface area (Å²) in [5, 5.41) is 1.72. The van der Waals surface area contributed by atoms with E-state index in [4.69, 9.17) is 0 Å². The Labute approximate surface area is 171 Å². The van der Waals surface area contributed by atoms with Crippen molar-refractivity contribution >= 4 is 27.3 Å². The predicted molar refractivity (Wildman–Crippen MR) is 111 cm³/mol. The Kier molecular flexibility index (Phi) is 5.58. The number of fused-ring (bicyclic) bond motifs is 1. The molecule has 1 aromatic carbocycles. The van der Waals surface area contributed by atoms with E-state index < -0.39 is 10.0 Å². The molecule has 0 radical (unpaired) electrons. The first kappa shape index (κ1) is 19.6. The summed E-state index contributed by atoms with van der Waals surface area (Å²) in [5.74, 6) is 0.439. The molecule has 0 unspecified atom stereocenters. The fourth-order valence-electron chi connectivity index (χ4n) is 3.77. The first-order valence-corrected chi connectivity index (χ1v) is 12.3. The lowest BCUT2D eigenvalue weighted by molar-refractivity contribution is 0.0749. The van der Waals surface area contributed by atoms with E-state index in [9.17, 15) is 13.2 Å². The van der Waals surface area contributed by atoms with Crippen molar-refractivity contribution in [3.63, 3.8) is 0 Å². The number of rotatable bonds is 7. The smallest absolute Gasteiger partial charge is 0.265 e. The van der Waals surface area contributed by atoms with Crippen molar-refractivity contribution in [3.05, 3.63) is 51.7 Å². The van der Waals surface area contributed by atoms with E-state index >= 15 is 0 Å². The van der Waals surface area contributed by atoms with Crippen LogP contribution in [0, 0.1) is 5.92 Å². The first-order chi connectivity index (χ1) is 13.5. The van der Waals surface area contributed by atoms with Gasteiger partial charge in [-0.3, -0.25) is 4.79 Å². The van der Waals surface area contributed by atoms with Crippen LogP contribution in [0.1, 0.15) is 47.0 Å². The monoisotopic (exact) mass is 418 g/mol. The second-order valence-corrected chi connectivity index (χ2v) is 10.5. The Morgan fingerprint density at radius 2 is 1.96 bits per heavy atom. The van der Waals surface area contributed by atoms with Gasteiger partial charge in [0.05, 0.1) is 0 Å². The van der Waals surface area contributed by atoms with E-state index in [0.717, 1.165) is 31.4 Å². The number of nitrogens with zero attached hydrogens (tertiary/aromatic N) is 2. The van der Waals surface area contributed by atoms with E-state index in [2.05, 4.69) is 6.07 Å². The van der Waals surface area contributed by atoms with Crippen LogP contribution in [0.15, 0.2) is 40.6 Å². The highest BCUT2D eigenvalue weighted by atomic mass is 32.2. The van der Waals surface area contributed by atoms with Crippen molar-refractivity contribution in [1.29, 1.82) is 0 Å². The third-order valence-electron chi connectivity index (χ3n) is 5.49. The molecule has 2 heterocycles. The molecule has 0 N–H and O–H groups in total. The van der Waals surface area contributed by atoms with Crippen LogP contribution in [0.2, 0.25) is 0 Å². The zero-order chi connectivity index (χ0) is 19.7. The Hall–Kier alpha value is -1.70. The summed E-state index contributed by atoms with van der Waals surface area (Å²) in [6.07, 6.45) is 3.90. The molecule has 7 heteroatoms. The van der Waals surface area contributed by atoms with Crippen molar-refractivity contribution in [3.8, 4) is 0 Å². The fraction of sp³-hybridized carbons (Fsp3) is 0.476. The molecular formula is C21H26N2O3S2. The van der Waals surface area contributed by atoms with Gasteiger partial charge in [-0.05, 0) is 54.2 Å². The number of hydrogen-bond acceptors (Lipinski definition) is 4. The van der Waals surface area contributed by atoms with Crippen LogP contribution in [0.3, 0.4) is 0 Å². The van der Waals surface area contributed by atoms with Crippen LogP contribution in [0.25, 0.3) is 0 Å². The zero-order valence-corrected chi connectivity index (χ0v) is 17.8. The average Bonchev–Trinajstić information content (AvgIpc) is 3.38. The zero-order valence-electron chi connectivity index (χ0n) is 16.1. The molecule has 0 bridgehead atoms. The molecule has 1 amide bonds. The SMILES string of the molecule is CCCN(CC1CC1)C(=O)c1sccc1S(=O)(=O)N1CCc2ccccc2C1. The summed E-state index contributed by atoms with van der Waals surface area (Å²) >= 11 is 1.24. The Morgan fingerprint density at radius 1 is 1.21 bits per heavy atom. The molecule has 0 atom stereocenters. The van der Waals surface area contributed by atoms with Crippen molar-refractivity contribution < 1.29 is 13.2 Å². The van der Waals surface area contributed by atoms with Crippen LogP contribution in [-0.4, -0.2) is 43.2 Å². The molecule has 2 aliphatic rings. The second-order valence-electron chi connectivity index (χ2n) is 7.67. The van der Waals surface area contributed by atoms with E-state index in [-0.39, 0.29) is 10.8 Å². The largest absolute Gasteiger partial charge is 0.338 e. The molecule has 0 saturated heterocycles. The highest BCUT2D eigenvalue weighted by Gasteiger charge is 2.34. The topological polar surface area (TPSA) is 57.7 Å². The van der Waals surface area contributed by atoms with Gasteiger partial charge in [0.2, 0.25) is 10.0 Å². The standard InChI is InChI=1S/C21H26N2O3S2/c1-2-11-22(14-16-7-8-16)21(24)20-19(10-13-27-20)28(25,26)23-12-9-17-5-3-4-6-18(17)15-23/h3-6,10,13,16H,2,7-9,11-12,14-15H2,1H3. The van der Waals surface area contributed by atoms with Crippen molar-refractivity contribution in [2.45, 2.75) is 44.0 Å². The van der Waals surface area contributed by atoms with Crippen LogP contribution in [0.5, 0.6) is 0 Å². The van der Waals surface area contributed by atoms with Crippen LogP contribution in [0.4, 0.5) is 0 Å². The minimum Gasteiger partial charge on any atom is -0.338 e. The molecule has 150 valence electrons. The molecule has 4 rings (SSSR count). The number of carbonyl (C=O) groups is 1. The van der Waals surface area contributed by atoms with E-state index in [0.29, 0.717) is 36.9 Å². The maximum Gasteiger partial charge on any atom is 0.265 e. The minimum absolute atomic E-state index is 0.139. The van der Waals surface area contributed by atoms with Gasteiger partial charge >= 0.3 is 0 Å². The summed E-state index contributed by atoms with van der Waals surface area (Å²) in [6.45, 7) is 4.27. The molecule has 0 spiro atoms. The van der Waals surface area contributed by atoms with Crippen molar-refractivity contribution in [2.24, 2.45) is 5.92 Å². The summed E-state index contributed by atoms with van der Waals surface area (Å²) in [6, 6.07) is 9.56. The molecule has 5 nitrogen and oxygen atoms in total. The molecule has 1 fully saturated rings. The number of sulfonamides is 1. The van der Waals surface area contributed by atoms with Gasteiger partial charge in [-0.1, -0.05) is 31.2 Å². The third kappa shape index (κ3) is 3.88. The molecular weight excluding hydrogens is 392 g/mol. The third-order valence-corrected chi connectivity index (χ3v) is 8.41. The molecule has 1 saturated carbocycles. The quantitative estimate of drug-likeness (QED) is 0.688. The number of carbonyl (C=O) groups excluding carboxylic acids is 1. The Bertz CT molecular complexity index is 964. The Balaban J connectivity index is 1.59. The van der Waals surface area contributed by atoms with Gasteiger partial charge < -0.3 is 4.90 Å². The fourth-order valence-corrected chi connectivity index (χ4v) is 6.55. The lowest BCUT2D eigenvalue weighted by Gasteiger charge is -2.28. The van der Waals surface area contributed by atoms with Gasteiger partial charge in [0.15, 0.2) is 0 Å². The van der Waals surface area contributed by atoms with E-state index in [1.807, 2.05) is 30.0 Å². The molecule has 1 aliphatic carbocycles. The summed E-state index contributed by atoms with van der Waals surface area (Å²) in [7, 11) is -3.70. The van der Waals surface area contributed by atoms with E-state index in [1.54, 1.807) is 11.4 Å². The summed E-state index contributed by atoms with van der Waals surface area (Å²) < 4.78 is 28.2. The van der Waals surface area contributed by atoms with Crippen LogP contribution >= 0.6 is 11.3 Å². The van der Waals surface area contributed by atoms with Crippen molar-refractivity contribution in [1.82, 2.24) is 9.21 Å². The normalized spacial score (nSPS) is 17.3. The van der Waals surface area contributed by atoms with Crippen molar-refractivity contribution in [2.75, 3.05) is 19.6 Å². The molecule has 28 heavy (non-hydrogen) atoms. The summed E-state index contributed by atoms with van der Waals surface area (Å²) in [5.41, 5.74) is 2.25. The van der Waals surface area contributed by atoms with Gasteiger partial charge in [-0.2, -0.15) is 4.31 Å². The predicted octanol–water partition coefficient (Wildman–Crippen LogP) is 3.76. The van der Waals surface area contributed by atoms with Crippen LogP contribution in [-0.2, 0) is 23.0 Å². The first-order valence-electron chi connectivity index (χ1n) is 9.94. The number of amides is 1. The maximum atomic E-state index is 13.4. The summed E-state index contributed by atoms with van der Waals surface area (Å²) in [4.78, 5) is 15.5. The molecule has 1 aromatic heterocycles. The minimum atomic E-state index is -3.70. The van der Waals surface area contributed by atoms with E-state index in [1.165, 1.54) is 21.2 Å². The maximum absolute atomic E-state index is 13.4. The van der Waals surface area contributed by atoms with Crippen LogP contribution < -0.4 is 0 Å². The van der Waals surface area contributed by atoms with Gasteiger partial charge in [-0.15, -0.1) is 11.3 Å². The lowest BCUT2D eigenvalue weighted by atomic mass is 10.0. The Morgan fingerprint density at radius 3 is 2.68 bits per heavy atom. The second kappa shape index (κ2) is 7.97. The van der Waals surface area contributed by atoms with Gasteiger partial charge in [0, 0.05) is 26.2 Å². The van der Waals surface area contributed by atoms with Gasteiger partial charge in [0.25, 0.3) is 5.91 Å². The average molecular weight is 419 g/mol. The highest BCUT2D eigenvalue weighted by molar-refractivity contribution is 7.89. The molecule has 2 aromatic rings. The van der Waals surface area contributed by atoms with Gasteiger partial charge in [-0.25, -0.2) is 8.42 Å². The highest BCUT2D eigenvalue weighted by Crippen LogP contribution is 2.33.